The van der Waals surface area contributed by atoms with Crippen LogP contribution in [0.1, 0.15) is 31.0 Å². The lowest BCUT2D eigenvalue weighted by Gasteiger charge is -2.15. The Morgan fingerprint density at radius 1 is 1.13 bits per heavy atom. The summed E-state index contributed by atoms with van der Waals surface area (Å²) in [6.07, 6.45) is 0. The maximum Gasteiger partial charge on any atom is 0.230 e. The molecule has 0 aliphatic rings. The highest BCUT2D eigenvalue weighted by Gasteiger charge is 2.10. The zero-order chi connectivity index (χ0) is 16.7. The molecule has 0 saturated heterocycles. The third kappa shape index (κ3) is 5.64. The maximum absolute atomic E-state index is 12.1. The number of benzene rings is 2. The Bertz CT molecular complexity index is 623. The van der Waals surface area contributed by atoms with E-state index in [1.54, 1.807) is 11.8 Å². The molecule has 122 valence electrons. The Morgan fingerprint density at radius 3 is 2.39 bits per heavy atom. The number of aryl methyl sites for hydroxylation is 1. The van der Waals surface area contributed by atoms with Gasteiger partial charge in [0.05, 0.1) is 18.4 Å². The summed E-state index contributed by atoms with van der Waals surface area (Å²) in [4.78, 5) is 13.2. The molecule has 0 aliphatic heterocycles. The van der Waals surface area contributed by atoms with Crippen molar-refractivity contribution in [1.29, 1.82) is 0 Å². The molecule has 0 spiro atoms. The second-order valence-corrected chi connectivity index (χ2v) is 6.44. The van der Waals surface area contributed by atoms with Gasteiger partial charge in [0.25, 0.3) is 0 Å². The van der Waals surface area contributed by atoms with Crippen molar-refractivity contribution in [1.82, 2.24) is 5.32 Å². The van der Waals surface area contributed by atoms with Crippen LogP contribution in [0.25, 0.3) is 0 Å². The van der Waals surface area contributed by atoms with Crippen LogP contribution in [0.2, 0.25) is 0 Å². The molecule has 23 heavy (non-hydrogen) atoms. The summed E-state index contributed by atoms with van der Waals surface area (Å²) in [6, 6.07) is 16.0. The van der Waals surface area contributed by atoms with Gasteiger partial charge < -0.3 is 10.1 Å². The highest BCUT2D eigenvalue weighted by molar-refractivity contribution is 8.00. The lowest BCUT2D eigenvalue weighted by molar-refractivity contribution is -0.119. The molecule has 0 heterocycles. The standard InChI is InChI=1S/C19H23NO2S/c1-4-22-17-9-7-16(8-10-17)15(3)20-19(21)13-23-18-11-5-14(2)6-12-18/h5-12,15H,4,13H2,1-3H3,(H,20,21)/t15-/m1/s1. The molecule has 1 N–H and O–H groups in total. The Balaban J connectivity index is 1.82. The topological polar surface area (TPSA) is 38.3 Å². The van der Waals surface area contributed by atoms with E-state index in [1.807, 2.05) is 50.2 Å². The monoisotopic (exact) mass is 329 g/mol. The molecule has 0 radical (unpaired) electrons. The van der Waals surface area contributed by atoms with Crippen LogP contribution in [0.3, 0.4) is 0 Å². The molecule has 0 fully saturated rings. The first-order chi connectivity index (χ1) is 11.1. The number of hydrogen-bond donors (Lipinski definition) is 1. The Kier molecular flexibility index (Phi) is 6.53. The number of carbonyl (C=O) groups is 1. The van der Waals surface area contributed by atoms with Gasteiger partial charge in [0, 0.05) is 4.90 Å². The molecule has 4 heteroatoms. The molecule has 1 atom stereocenters. The molecule has 0 unspecified atom stereocenters. The second-order valence-electron chi connectivity index (χ2n) is 5.39. The predicted octanol–water partition coefficient (Wildman–Crippen LogP) is 4.36. The number of amides is 1. The van der Waals surface area contributed by atoms with Crippen LogP contribution < -0.4 is 10.1 Å². The molecular weight excluding hydrogens is 306 g/mol. The lowest BCUT2D eigenvalue weighted by atomic mass is 10.1. The van der Waals surface area contributed by atoms with E-state index in [2.05, 4.69) is 24.4 Å². The zero-order valence-corrected chi connectivity index (χ0v) is 14.7. The number of thioether (sulfide) groups is 1. The van der Waals surface area contributed by atoms with Crippen LogP contribution in [0.4, 0.5) is 0 Å². The highest BCUT2D eigenvalue weighted by atomic mass is 32.2. The first-order valence-corrected chi connectivity index (χ1v) is 8.78. The van der Waals surface area contributed by atoms with Crippen molar-refractivity contribution in [3.05, 3.63) is 59.7 Å². The van der Waals surface area contributed by atoms with Gasteiger partial charge in [-0.25, -0.2) is 0 Å². The van der Waals surface area contributed by atoms with E-state index >= 15 is 0 Å². The van der Waals surface area contributed by atoms with Crippen molar-refractivity contribution in [3.63, 3.8) is 0 Å². The van der Waals surface area contributed by atoms with Crippen LogP contribution >= 0.6 is 11.8 Å². The molecule has 2 aromatic rings. The van der Waals surface area contributed by atoms with Gasteiger partial charge >= 0.3 is 0 Å². The number of nitrogens with one attached hydrogen (secondary N) is 1. The van der Waals surface area contributed by atoms with E-state index in [1.165, 1.54) is 5.56 Å². The minimum absolute atomic E-state index is 0.0169. The van der Waals surface area contributed by atoms with Gasteiger partial charge in [-0.15, -0.1) is 11.8 Å². The summed E-state index contributed by atoms with van der Waals surface area (Å²) in [6.45, 7) is 6.66. The summed E-state index contributed by atoms with van der Waals surface area (Å²) in [5.74, 6) is 1.31. The number of rotatable bonds is 7. The number of hydrogen-bond acceptors (Lipinski definition) is 3. The van der Waals surface area contributed by atoms with E-state index in [0.29, 0.717) is 12.4 Å². The largest absolute Gasteiger partial charge is 0.494 e. The maximum atomic E-state index is 12.1. The van der Waals surface area contributed by atoms with Crippen LogP contribution in [-0.2, 0) is 4.79 Å². The summed E-state index contributed by atoms with van der Waals surface area (Å²) >= 11 is 1.55. The van der Waals surface area contributed by atoms with Crippen LogP contribution in [0.5, 0.6) is 5.75 Å². The van der Waals surface area contributed by atoms with E-state index in [4.69, 9.17) is 4.74 Å². The SMILES string of the molecule is CCOc1ccc([C@@H](C)NC(=O)CSc2ccc(C)cc2)cc1. The van der Waals surface area contributed by atoms with Crippen molar-refractivity contribution in [2.45, 2.75) is 31.7 Å². The lowest BCUT2D eigenvalue weighted by Crippen LogP contribution is -2.28. The molecule has 0 bridgehead atoms. The molecule has 2 aromatic carbocycles. The Hall–Kier alpha value is -1.94. The van der Waals surface area contributed by atoms with Crippen molar-refractivity contribution in [3.8, 4) is 5.75 Å². The molecule has 1 amide bonds. The quantitative estimate of drug-likeness (QED) is 0.767. The van der Waals surface area contributed by atoms with Gasteiger partial charge in [0.15, 0.2) is 0 Å². The average molecular weight is 329 g/mol. The third-order valence-corrected chi connectivity index (χ3v) is 4.47. The van der Waals surface area contributed by atoms with Crippen LogP contribution in [0.15, 0.2) is 53.4 Å². The van der Waals surface area contributed by atoms with Gasteiger partial charge in [-0.1, -0.05) is 29.8 Å². The van der Waals surface area contributed by atoms with Crippen LogP contribution in [0, 0.1) is 6.92 Å². The molecule has 0 aliphatic carbocycles. The number of ether oxygens (including phenoxy) is 1. The van der Waals surface area contributed by atoms with E-state index < -0.39 is 0 Å². The summed E-state index contributed by atoms with van der Waals surface area (Å²) < 4.78 is 5.43. The summed E-state index contributed by atoms with van der Waals surface area (Å²) in [5, 5.41) is 3.03. The minimum atomic E-state index is -0.0169. The Morgan fingerprint density at radius 2 is 1.78 bits per heavy atom. The summed E-state index contributed by atoms with van der Waals surface area (Å²) in [5.41, 5.74) is 2.30. The average Bonchev–Trinajstić information content (AvgIpc) is 2.55. The third-order valence-electron chi connectivity index (χ3n) is 3.46. The Labute approximate surface area is 142 Å². The number of carbonyl (C=O) groups excluding carboxylic acids is 1. The van der Waals surface area contributed by atoms with Gasteiger partial charge in [0.2, 0.25) is 5.91 Å². The normalized spacial score (nSPS) is 11.8. The predicted molar refractivity (Wildman–Crippen MR) is 96.1 cm³/mol. The first-order valence-electron chi connectivity index (χ1n) is 7.80. The van der Waals surface area contributed by atoms with Crippen LogP contribution in [-0.4, -0.2) is 18.3 Å². The van der Waals surface area contributed by atoms with E-state index in [-0.39, 0.29) is 11.9 Å². The fourth-order valence-corrected chi connectivity index (χ4v) is 2.88. The smallest absolute Gasteiger partial charge is 0.230 e. The van der Waals surface area contributed by atoms with Crippen molar-refractivity contribution >= 4 is 17.7 Å². The summed E-state index contributed by atoms with van der Waals surface area (Å²) in [7, 11) is 0. The van der Waals surface area contributed by atoms with Gasteiger partial charge in [-0.05, 0) is 50.6 Å². The molecule has 3 nitrogen and oxygen atoms in total. The first kappa shape index (κ1) is 17.4. The minimum Gasteiger partial charge on any atom is -0.494 e. The molecule has 0 saturated carbocycles. The molecule has 0 aromatic heterocycles. The van der Waals surface area contributed by atoms with Crippen molar-refractivity contribution in [2.24, 2.45) is 0 Å². The van der Waals surface area contributed by atoms with Gasteiger partial charge in [-0.2, -0.15) is 0 Å². The van der Waals surface area contributed by atoms with E-state index in [0.717, 1.165) is 16.2 Å². The van der Waals surface area contributed by atoms with Crippen molar-refractivity contribution < 1.29 is 9.53 Å². The molecule has 2 rings (SSSR count). The van der Waals surface area contributed by atoms with E-state index in [9.17, 15) is 4.79 Å². The fourth-order valence-electron chi connectivity index (χ4n) is 2.17. The fraction of sp³-hybridized carbons (Fsp3) is 0.316. The molecular formula is C19H23NO2S. The van der Waals surface area contributed by atoms with Crippen molar-refractivity contribution in [2.75, 3.05) is 12.4 Å². The van der Waals surface area contributed by atoms with Gasteiger partial charge in [-0.3, -0.25) is 4.79 Å². The zero-order valence-electron chi connectivity index (χ0n) is 13.8. The second kappa shape index (κ2) is 8.63. The highest BCUT2D eigenvalue weighted by Crippen LogP contribution is 2.20. The van der Waals surface area contributed by atoms with Gasteiger partial charge in [0.1, 0.15) is 5.75 Å².